The summed E-state index contributed by atoms with van der Waals surface area (Å²) < 4.78 is 5.54. The van der Waals surface area contributed by atoms with Crippen molar-refractivity contribution in [1.29, 1.82) is 0 Å². The highest BCUT2D eigenvalue weighted by molar-refractivity contribution is 7.12. The molecule has 0 saturated heterocycles. The largest absolute Gasteiger partial charge is 0.494 e. The topological polar surface area (TPSA) is 51.2 Å². The normalized spacial score (nSPS) is 10.6. The lowest BCUT2D eigenvalue weighted by molar-refractivity contribution is 0.102. The molecule has 4 nitrogen and oxygen atoms in total. The molecule has 3 rings (SSSR count). The zero-order valence-electron chi connectivity index (χ0n) is 14.6. The van der Waals surface area contributed by atoms with E-state index in [2.05, 4.69) is 10.3 Å². The Labute approximate surface area is 161 Å². The Morgan fingerprint density at radius 1 is 1.27 bits per heavy atom. The minimum absolute atomic E-state index is 0.195. The first-order valence-electron chi connectivity index (χ1n) is 8.29. The second kappa shape index (κ2) is 8.34. The molecule has 6 heteroatoms. The maximum absolute atomic E-state index is 12.7. The Morgan fingerprint density at radius 3 is 2.85 bits per heavy atom. The molecular weight excluding hydrogens is 368 g/mol. The van der Waals surface area contributed by atoms with Gasteiger partial charge in [0.05, 0.1) is 28.5 Å². The van der Waals surface area contributed by atoms with Crippen molar-refractivity contribution in [2.24, 2.45) is 0 Å². The van der Waals surface area contributed by atoms with Gasteiger partial charge in [0, 0.05) is 6.42 Å². The quantitative estimate of drug-likeness (QED) is 0.621. The van der Waals surface area contributed by atoms with E-state index in [-0.39, 0.29) is 5.91 Å². The van der Waals surface area contributed by atoms with Crippen molar-refractivity contribution in [3.8, 4) is 5.75 Å². The van der Waals surface area contributed by atoms with Gasteiger partial charge in [-0.15, -0.1) is 11.3 Å². The summed E-state index contributed by atoms with van der Waals surface area (Å²) in [5.41, 5.74) is 5.03. The highest BCUT2D eigenvalue weighted by Gasteiger charge is 2.17. The third kappa shape index (κ3) is 4.23. The van der Waals surface area contributed by atoms with Crippen LogP contribution in [0.1, 0.15) is 33.4 Å². The standard InChI is InChI=1S/C20H19ClN2O2S/c1-3-25-15-8-5-7-14(10-15)11-17-19(26-12-22-17)20(24)23-18-13(2)6-4-9-16(18)21/h4-10,12H,3,11H2,1-2H3,(H,23,24). The number of benzene rings is 2. The molecule has 0 aliphatic carbocycles. The van der Waals surface area contributed by atoms with Gasteiger partial charge in [0.2, 0.25) is 0 Å². The van der Waals surface area contributed by atoms with Gasteiger partial charge in [-0.1, -0.05) is 35.9 Å². The molecule has 134 valence electrons. The summed E-state index contributed by atoms with van der Waals surface area (Å²) >= 11 is 7.54. The van der Waals surface area contributed by atoms with Crippen molar-refractivity contribution < 1.29 is 9.53 Å². The van der Waals surface area contributed by atoms with Crippen LogP contribution in [-0.2, 0) is 6.42 Å². The predicted octanol–water partition coefficient (Wildman–Crippen LogP) is 5.35. The van der Waals surface area contributed by atoms with Crippen molar-refractivity contribution in [3.63, 3.8) is 0 Å². The Kier molecular flexibility index (Phi) is 5.91. The van der Waals surface area contributed by atoms with Crippen LogP contribution < -0.4 is 10.1 Å². The SMILES string of the molecule is CCOc1cccc(Cc2ncsc2C(=O)Nc2c(C)cccc2Cl)c1. The summed E-state index contributed by atoms with van der Waals surface area (Å²) in [6.45, 7) is 4.48. The van der Waals surface area contributed by atoms with Crippen molar-refractivity contribution in [2.75, 3.05) is 11.9 Å². The number of nitrogens with zero attached hydrogens (tertiary/aromatic N) is 1. The van der Waals surface area contributed by atoms with Crippen molar-refractivity contribution in [2.45, 2.75) is 20.3 Å². The van der Waals surface area contributed by atoms with E-state index in [1.165, 1.54) is 11.3 Å². The van der Waals surface area contributed by atoms with Crippen LogP contribution in [0, 0.1) is 6.92 Å². The van der Waals surface area contributed by atoms with Gasteiger partial charge in [-0.25, -0.2) is 4.98 Å². The Morgan fingerprint density at radius 2 is 2.08 bits per heavy atom. The van der Waals surface area contributed by atoms with Crippen LogP contribution in [-0.4, -0.2) is 17.5 Å². The van der Waals surface area contributed by atoms with Crippen LogP contribution in [0.2, 0.25) is 5.02 Å². The number of carbonyl (C=O) groups is 1. The fourth-order valence-electron chi connectivity index (χ4n) is 2.65. The zero-order valence-corrected chi connectivity index (χ0v) is 16.2. The maximum atomic E-state index is 12.7. The molecule has 0 spiro atoms. The summed E-state index contributed by atoms with van der Waals surface area (Å²) in [5, 5.41) is 3.44. The van der Waals surface area contributed by atoms with E-state index in [9.17, 15) is 4.79 Å². The van der Waals surface area contributed by atoms with Gasteiger partial charge >= 0.3 is 0 Å². The second-order valence-corrected chi connectivity index (χ2v) is 7.03. The average molecular weight is 387 g/mol. The van der Waals surface area contributed by atoms with E-state index in [1.807, 2.05) is 50.2 Å². The molecule has 1 N–H and O–H groups in total. The number of rotatable bonds is 6. The molecule has 3 aromatic rings. The van der Waals surface area contributed by atoms with E-state index >= 15 is 0 Å². The molecule has 1 heterocycles. The van der Waals surface area contributed by atoms with Crippen molar-refractivity contribution in [1.82, 2.24) is 4.98 Å². The van der Waals surface area contributed by atoms with Crippen LogP contribution in [0.3, 0.4) is 0 Å². The van der Waals surface area contributed by atoms with Gasteiger partial charge < -0.3 is 10.1 Å². The van der Waals surface area contributed by atoms with Crippen LogP contribution in [0.5, 0.6) is 5.75 Å². The third-order valence-corrected chi connectivity index (χ3v) is 5.07. The van der Waals surface area contributed by atoms with Crippen molar-refractivity contribution in [3.05, 3.63) is 74.7 Å². The number of thiazole rings is 1. The van der Waals surface area contributed by atoms with Gasteiger partial charge in [-0.05, 0) is 43.2 Å². The highest BCUT2D eigenvalue weighted by Crippen LogP contribution is 2.27. The van der Waals surface area contributed by atoms with Crippen LogP contribution in [0.25, 0.3) is 0 Å². The summed E-state index contributed by atoms with van der Waals surface area (Å²) in [5.74, 6) is 0.623. The highest BCUT2D eigenvalue weighted by atomic mass is 35.5. The summed E-state index contributed by atoms with van der Waals surface area (Å²) in [4.78, 5) is 17.7. The van der Waals surface area contributed by atoms with Gasteiger partial charge in [0.15, 0.2) is 0 Å². The zero-order chi connectivity index (χ0) is 18.5. The minimum Gasteiger partial charge on any atom is -0.494 e. The molecule has 1 aromatic heterocycles. The number of ether oxygens (including phenoxy) is 1. The van der Waals surface area contributed by atoms with E-state index in [0.29, 0.717) is 28.6 Å². The van der Waals surface area contributed by atoms with E-state index < -0.39 is 0 Å². The van der Waals surface area contributed by atoms with Crippen LogP contribution >= 0.6 is 22.9 Å². The lowest BCUT2D eigenvalue weighted by Gasteiger charge is -2.10. The number of hydrogen-bond donors (Lipinski definition) is 1. The monoisotopic (exact) mass is 386 g/mol. The predicted molar refractivity (Wildman–Crippen MR) is 107 cm³/mol. The fraction of sp³-hybridized carbons (Fsp3) is 0.200. The number of nitrogens with one attached hydrogen (secondary N) is 1. The number of anilines is 1. The molecule has 26 heavy (non-hydrogen) atoms. The van der Waals surface area contributed by atoms with E-state index in [1.54, 1.807) is 11.6 Å². The van der Waals surface area contributed by atoms with Gasteiger partial charge in [-0.3, -0.25) is 4.79 Å². The van der Waals surface area contributed by atoms with Gasteiger partial charge in [0.25, 0.3) is 5.91 Å². The lowest BCUT2D eigenvalue weighted by atomic mass is 10.1. The first-order chi connectivity index (χ1) is 12.6. The summed E-state index contributed by atoms with van der Waals surface area (Å²) in [6, 6.07) is 13.4. The number of halogens is 1. The van der Waals surface area contributed by atoms with E-state index in [0.717, 1.165) is 22.6 Å². The Bertz CT molecular complexity index is 903. The second-order valence-electron chi connectivity index (χ2n) is 5.77. The van der Waals surface area contributed by atoms with E-state index in [4.69, 9.17) is 16.3 Å². The number of aryl methyl sites for hydroxylation is 1. The molecule has 0 bridgehead atoms. The molecule has 0 aliphatic rings. The van der Waals surface area contributed by atoms with Gasteiger partial charge in [-0.2, -0.15) is 0 Å². The number of carbonyl (C=O) groups excluding carboxylic acids is 1. The molecule has 2 aromatic carbocycles. The molecule has 0 fully saturated rings. The van der Waals surface area contributed by atoms with Crippen LogP contribution in [0.4, 0.5) is 5.69 Å². The number of para-hydroxylation sites is 1. The molecule has 0 aliphatic heterocycles. The molecule has 0 atom stereocenters. The lowest BCUT2D eigenvalue weighted by Crippen LogP contribution is -2.14. The Balaban J connectivity index is 1.80. The van der Waals surface area contributed by atoms with Crippen LogP contribution in [0.15, 0.2) is 48.0 Å². The molecule has 1 amide bonds. The summed E-state index contributed by atoms with van der Waals surface area (Å²) in [7, 11) is 0. The molecule has 0 saturated carbocycles. The molecular formula is C20H19ClN2O2S. The molecule has 0 unspecified atom stereocenters. The average Bonchev–Trinajstić information content (AvgIpc) is 3.07. The smallest absolute Gasteiger partial charge is 0.267 e. The third-order valence-electron chi connectivity index (χ3n) is 3.89. The number of aromatic nitrogens is 1. The van der Waals surface area contributed by atoms with Gasteiger partial charge in [0.1, 0.15) is 10.6 Å². The minimum atomic E-state index is -0.195. The Hall–Kier alpha value is -2.37. The fourth-order valence-corrected chi connectivity index (χ4v) is 3.62. The molecule has 0 radical (unpaired) electrons. The summed E-state index contributed by atoms with van der Waals surface area (Å²) in [6.07, 6.45) is 0.564. The first-order valence-corrected chi connectivity index (χ1v) is 9.54. The maximum Gasteiger partial charge on any atom is 0.267 e. The van der Waals surface area contributed by atoms with Crippen molar-refractivity contribution >= 4 is 34.5 Å². The number of amides is 1. The number of hydrogen-bond acceptors (Lipinski definition) is 4. The first kappa shape index (κ1) is 18.4.